The van der Waals surface area contributed by atoms with E-state index in [1.807, 2.05) is 0 Å². The first-order valence-corrected chi connectivity index (χ1v) is 6.57. The van der Waals surface area contributed by atoms with Gasteiger partial charge in [-0.05, 0) is 44.7 Å². The van der Waals surface area contributed by atoms with Crippen molar-refractivity contribution in [1.29, 1.82) is 0 Å². The molecule has 0 aromatic carbocycles. The molecule has 1 unspecified atom stereocenters. The van der Waals surface area contributed by atoms with Gasteiger partial charge in [0.25, 0.3) is 0 Å². The van der Waals surface area contributed by atoms with Crippen LogP contribution >= 0.6 is 0 Å². The second-order valence-electron chi connectivity index (χ2n) is 4.97. The maximum Gasteiger partial charge on any atom is 0.188 e. The second-order valence-corrected chi connectivity index (χ2v) is 4.97. The third-order valence-corrected chi connectivity index (χ3v) is 3.64. The minimum Gasteiger partial charge on any atom is -0.370 e. The van der Waals surface area contributed by atoms with Crippen molar-refractivity contribution in [2.45, 2.75) is 38.6 Å². The summed E-state index contributed by atoms with van der Waals surface area (Å²) in [5.41, 5.74) is 5.84. The number of hydrogen-bond acceptors (Lipinski definition) is 2. The van der Waals surface area contributed by atoms with Crippen molar-refractivity contribution in [3.8, 4) is 0 Å². The summed E-state index contributed by atoms with van der Waals surface area (Å²) in [6, 6.07) is 0.652. The van der Waals surface area contributed by atoms with E-state index in [1.165, 1.54) is 32.2 Å². The molecule has 1 atom stereocenters. The van der Waals surface area contributed by atoms with E-state index in [0.29, 0.717) is 12.0 Å². The average Bonchev–Trinajstić information content (AvgIpc) is 3.01. The van der Waals surface area contributed by atoms with Crippen LogP contribution in [0.1, 0.15) is 32.6 Å². The van der Waals surface area contributed by atoms with E-state index in [-0.39, 0.29) is 0 Å². The van der Waals surface area contributed by atoms with Crippen LogP contribution in [0.15, 0.2) is 4.99 Å². The van der Waals surface area contributed by atoms with E-state index in [4.69, 9.17) is 5.73 Å². The minimum absolute atomic E-state index is 0.634. The molecule has 4 nitrogen and oxygen atoms in total. The van der Waals surface area contributed by atoms with Gasteiger partial charge in [0.15, 0.2) is 5.96 Å². The Labute approximate surface area is 98.3 Å². The van der Waals surface area contributed by atoms with E-state index >= 15 is 0 Å². The fourth-order valence-corrected chi connectivity index (χ4v) is 2.35. The standard InChI is InChI=1S/C12H24N4/c1-2-16-7-3-4-11(16)9-15-12(13)14-8-10-5-6-10/h10-11H,2-9H2,1H3,(H3,13,14,15). The lowest BCUT2D eigenvalue weighted by Gasteiger charge is -2.23. The van der Waals surface area contributed by atoms with Gasteiger partial charge >= 0.3 is 0 Å². The number of rotatable bonds is 5. The summed E-state index contributed by atoms with van der Waals surface area (Å²) in [6.45, 7) is 6.48. The van der Waals surface area contributed by atoms with Gasteiger partial charge in [-0.2, -0.15) is 0 Å². The SMILES string of the molecule is CCN1CCCC1CNC(N)=NCC1CC1. The van der Waals surface area contributed by atoms with E-state index in [1.54, 1.807) is 0 Å². The van der Waals surface area contributed by atoms with E-state index in [0.717, 1.165) is 25.6 Å². The Morgan fingerprint density at radius 1 is 1.44 bits per heavy atom. The van der Waals surface area contributed by atoms with Gasteiger partial charge < -0.3 is 11.1 Å². The zero-order chi connectivity index (χ0) is 11.4. The molecule has 0 aromatic rings. The zero-order valence-electron chi connectivity index (χ0n) is 10.3. The Kier molecular flexibility index (Phi) is 4.04. The summed E-state index contributed by atoms with van der Waals surface area (Å²) < 4.78 is 0. The Balaban J connectivity index is 1.66. The summed E-state index contributed by atoms with van der Waals surface area (Å²) in [4.78, 5) is 6.88. The molecule has 0 bridgehead atoms. The van der Waals surface area contributed by atoms with Gasteiger partial charge in [-0.1, -0.05) is 6.92 Å². The maximum absolute atomic E-state index is 5.84. The number of nitrogens with one attached hydrogen (secondary N) is 1. The van der Waals surface area contributed by atoms with Gasteiger partial charge in [-0.15, -0.1) is 0 Å². The molecule has 1 aliphatic carbocycles. The smallest absolute Gasteiger partial charge is 0.188 e. The molecule has 0 amide bonds. The summed E-state index contributed by atoms with van der Waals surface area (Å²) in [5, 5.41) is 3.26. The number of nitrogens with zero attached hydrogens (tertiary/aromatic N) is 2. The molecule has 92 valence electrons. The van der Waals surface area contributed by atoms with Gasteiger partial charge in [0.2, 0.25) is 0 Å². The molecule has 4 heteroatoms. The first-order chi connectivity index (χ1) is 7.79. The molecular formula is C12H24N4. The van der Waals surface area contributed by atoms with Gasteiger partial charge in [0.05, 0.1) is 0 Å². The summed E-state index contributed by atoms with van der Waals surface area (Å²) in [5.74, 6) is 1.45. The third-order valence-electron chi connectivity index (χ3n) is 3.64. The molecule has 2 aliphatic rings. The Morgan fingerprint density at radius 3 is 2.94 bits per heavy atom. The molecular weight excluding hydrogens is 200 g/mol. The highest BCUT2D eigenvalue weighted by Gasteiger charge is 2.23. The third kappa shape index (κ3) is 3.37. The van der Waals surface area contributed by atoms with Crippen LogP contribution < -0.4 is 11.1 Å². The number of hydrogen-bond donors (Lipinski definition) is 2. The summed E-state index contributed by atoms with van der Waals surface area (Å²) >= 11 is 0. The predicted molar refractivity (Wildman–Crippen MR) is 67.5 cm³/mol. The summed E-state index contributed by atoms with van der Waals surface area (Å²) in [6.07, 6.45) is 5.28. The van der Waals surface area contributed by atoms with Crippen LogP contribution in [0.4, 0.5) is 0 Å². The topological polar surface area (TPSA) is 53.6 Å². The molecule has 1 aliphatic heterocycles. The van der Waals surface area contributed by atoms with Crippen LogP contribution in [0.3, 0.4) is 0 Å². The molecule has 0 aromatic heterocycles. The van der Waals surface area contributed by atoms with E-state index in [2.05, 4.69) is 22.1 Å². The quantitative estimate of drug-likeness (QED) is 0.536. The fraction of sp³-hybridized carbons (Fsp3) is 0.917. The highest BCUT2D eigenvalue weighted by atomic mass is 15.2. The van der Waals surface area contributed by atoms with Gasteiger partial charge in [0, 0.05) is 19.1 Å². The minimum atomic E-state index is 0.634. The molecule has 1 heterocycles. The van der Waals surface area contributed by atoms with Crippen LogP contribution in [0.2, 0.25) is 0 Å². The molecule has 2 fully saturated rings. The number of guanidine groups is 1. The first-order valence-electron chi connectivity index (χ1n) is 6.57. The van der Waals surface area contributed by atoms with Gasteiger partial charge in [0.1, 0.15) is 0 Å². The molecule has 3 N–H and O–H groups in total. The van der Waals surface area contributed by atoms with Crippen molar-refractivity contribution in [3.63, 3.8) is 0 Å². The van der Waals surface area contributed by atoms with Crippen molar-refractivity contribution in [2.75, 3.05) is 26.2 Å². The average molecular weight is 224 g/mol. The Morgan fingerprint density at radius 2 is 2.25 bits per heavy atom. The number of likely N-dealkylation sites (tertiary alicyclic amines) is 1. The largest absolute Gasteiger partial charge is 0.370 e. The van der Waals surface area contributed by atoms with Crippen LogP contribution in [0.25, 0.3) is 0 Å². The first kappa shape index (κ1) is 11.7. The highest BCUT2D eigenvalue weighted by Crippen LogP contribution is 2.28. The number of likely N-dealkylation sites (N-methyl/N-ethyl adjacent to an activating group) is 1. The molecule has 1 saturated heterocycles. The van der Waals surface area contributed by atoms with Crippen LogP contribution in [0, 0.1) is 5.92 Å². The van der Waals surface area contributed by atoms with E-state index in [9.17, 15) is 0 Å². The van der Waals surface area contributed by atoms with Crippen molar-refractivity contribution in [3.05, 3.63) is 0 Å². The maximum atomic E-state index is 5.84. The van der Waals surface area contributed by atoms with Crippen molar-refractivity contribution in [1.82, 2.24) is 10.2 Å². The lowest BCUT2D eigenvalue weighted by molar-refractivity contribution is 0.267. The van der Waals surface area contributed by atoms with Gasteiger partial charge in [-0.25, -0.2) is 0 Å². The lowest BCUT2D eigenvalue weighted by Crippen LogP contribution is -2.42. The monoisotopic (exact) mass is 224 g/mol. The van der Waals surface area contributed by atoms with Gasteiger partial charge in [-0.3, -0.25) is 9.89 Å². The molecule has 0 spiro atoms. The Hall–Kier alpha value is -0.770. The van der Waals surface area contributed by atoms with Crippen LogP contribution in [-0.2, 0) is 0 Å². The fourth-order valence-electron chi connectivity index (χ4n) is 2.35. The Bertz CT molecular complexity index is 247. The number of nitrogens with two attached hydrogens (primary N) is 1. The summed E-state index contributed by atoms with van der Waals surface area (Å²) in [7, 11) is 0. The molecule has 0 radical (unpaired) electrons. The molecule has 2 rings (SSSR count). The molecule has 1 saturated carbocycles. The van der Waals surface area contributed by atoms with Crippen molar-refractivity contribution < 1.29 is 0 Å². The van der Waals surface area contributed by atoms with Crippen molar-refractivity contribution in [2.24, 2.45) is 16.6 Å². The second kappa shape index (κ2) is 5.53. The predicted octanol–water partition coefficient (Wildman–Crippen LogP) is 0.785. The van der Waals surface area contributed by atoms with Crippen LogP contribution in [0.5, 0.6) is 0 Å². The highest BCUT2D eigenvalue weighted by molar-refractivity contribution is 5.77. The lowest BCUT2D eigenvalue weighted by atomic mass is 10.2. The van der Waals surface area contributed by atoms with Crippen LogP contribution in [-0.4, -0.2) is 43.1 Å². The van der Waals surface area contributed by atoms with Crippen molar-refractivity contribution >= 4 is 5.96 Å². The normalized spacial score (nSPS) is 27.3. The number of aliphatic imine (C=N–C) groups is 1. The van der Waals surface area contributed by atoms with E-state index < -0.39 is 0 Å². The molecule has 16 heavy (non-hydrogen) atoms. The zero-order valence-corrected chi connectivity index (χ0v) is 10.3.